The van der Waals surface area contributed by atoms with Crippen molar-refractivity contribution in [2.24, 2.45) is 0 Å². The molecule has 0 bridgehead atoms. The van der Waals surface area contributed by atoms with Crippen LogP contribution in [0.3, 0.4) is 0 Å². The molecule has 0 saturated carbocycles. The number of nitrogens with zero attached hydrogens (tertiary/aromatic N) is 1. The lowest BCUT2D eigenvalue weighted by Gasteiger charge is -2.14. The van der Waals surface area contributed by atoms with Gasteiger partial charge < -0.3 is 5.32 Å². The van der Waals surface area contributed by atoms with E-state index in [2.05, 4.69) is 10.0 Å². The molecule has 6 nitrogen and oxygen atoms in total. The molecule has 0 radical (unpaired) electrons. The smallest absolute Gasteiger partial charge is 0.251 e. The molecular formula is C18H19N3O3S. The summed E-state index contributed by atoms with van der Waals surface area (Å²) in [5, 5.41) is 11.3. The Morgan fingerprint density at radius 2 is 1.76 bits per heavy atom. The summed E-state index contributed by atoms with van der Waals surface area (Å²) < 4.78 is 26.4. The Bertz CT molecular complexity index is 857. The first-order valence-corrected chi connectivity index (χ1v) is 9.25. The molecule has 0 heterocycles. The van der Waals surface area contributed by atoms with Crippen LogP contribution in [0.25, 0.3) is 0 Å². The molecule has 1 amide bonds. The Morgan fingerprint density at radius 1 is 1.12 bits per heavy atom. The van der Waals surface area contributed by atoms with E-state index in [0.717, 1.165) is 5.56 Å². The molecule has 0 spiro atoms. The molecule has 2 aromatic carbocycles. The third-order valence-corrected chi connectivity index (χ3v) is 5.08. The van der Waals surface area contributed by atoms with Crippen LogP contribution in [0.5, 0.6) is 0 Å². The van der Waals surface area contributed by atoms with E-state index in [1.165, 1.54) is 24.3 Å². The van der Waals surface area contributed by atoms with Gasteiger partial charge in [0, 0.05) is 18.5 Å². The van der Waals surface area contributed by atoms with Gasteiger partial charge in [-0.05, 0) is 36.8 Å². The van der Waals surface area contributed by atoms with Crippen molar-refractivity contribution in [2.75, 3.05) is 6.54 Å². The monoisotopic (exact) mass is 357 g/mol. The van der Waals surface area contributed by atoms with Crippen LogP contribution in [0.1, 0.15) is 35.3 Å². The zero-order valence-electron chi connectivity index (χ0n) is 13.8. The molecule has 25 heavy (non-hydrogen) atoms. The van der Waals surface area contributed by atoms with Crippen LogP contribution < -0.4 is 10.0 Å². The van der Waals surface area contributed by atoms with Gasteiger partial charge in [0.1, 0.15) is 0 Å². The Labute approximate surface area is 147 Å². The largest absolute Gasteiger partial charge is 0.346 e. The summed E-state index contributed by atoms with van der Waals surface area (Å²) >= 11 is 0. The number of nitrogens with one attached hydrogen (secondary N) is 2. The van der Waals surface area contributed by atoms with Gasteiger partial charge in [0.15, 0.2) is 0 Å². The number of benzene rings is 2. The van der Waals surface area contributed by atoms with E-state index in [1.807, 2.05) is 43.3 Å². The highest BCUT2D eigenvalue weighted by Crippen LogP contribution is 2.14. The van der Waals surface area contributed by atoms with Gasteiger partial charge in [0.05, 0.1) is 17.0 Å². The van der Waals surface area contributed by atoms with Gasteiger partial charge in [-0.3, -0.25) is 4.79 Å². The summed E-state index contributed by atoms with van der Waals surface area (Å²) in [5.74, 6) is -0.280. The van der Waals surface area contributed by atoms with Crippen LogP contribution in [-0.2, 0) is 10.0 Å². The number of nitriles is 1. The van der Waals surface area contributed by atoms with Gasteiger partial charge in [-0.1, -0.05) is 30.3 Å². The second-order valence-corrected chi connectivity index (χ2v) is 7.20. The molecule has 0 aromatic heterocycles. The Kier molecular flexibility index (Phi) is 6.28. The highest BCUT2D eigenvalue weighted by Gasteiger charge is 2.15. The number of hydrogen-bond donors (Lipinski definition) is 2. The quantitative estimate of drug-likeness (QED) is 0.743. The number of sulfonamides is 1. The molecule has 2 aromatic rings. The minimum Gasteiger partial charge on any atom is -0.346 e. The van der Waals surface area contributed by atoms with Crippen molar-refractivity contribution in [3.8, 4) is 6.07 Å². The average molecular weight is 357 g/mol. The number of carbonyl (C=O) groups excluding carboxylic acids is 1. The maximum absolute atomic E-state index is 12.3. The lowest BCUT2D eigenvalue weighted by atomic mass is 10.1. The van der Waals surface area contributed by atoms with Crippen molar-refractivity contribution in [3.05, 3.63) is 65.7 Å². The summed E-state index contributed by atoms with van der Waals surface area (Å²) in [7, 11) is -3.67. The standard InChI is InChI=1S/C18H19N3O3S/c1-14(15-6-3-2-4-7-15)21-18(22)16-8-10-17(11-9-16)25(23,24)20-13-5-12-19/h2-4,6-11,14,20H,5,13H2,1H3,(H,21,22)/t14-/m0/s1. The van der Waals surface area contributed by atoms with Crippen molar-refractivity contribution in [1.29, 1.82) is 5.26 Å². The predicted octanol–water partition coefficient (Wildman–Crippen LogP) is 2.37. The van der Waals surface area contributed by atoms with E-state index >= 15 is 0 Å². The summed E-state index contributed by atoms with van der Waals surface area (Å²) in [6, 6.07) is 16.9. The molecule has 0 unspecified atom stereocenters. The molecule has 2 N–H and O–H groups in total. The van der Waals surface area contributed by atoms with E-state index in [1.54, 1.807) is 0 Å². The molecule has 0 aliphatic rings. The third-order valence-electron chi connectivity index (χ3n) is 3.60. The highest BCUT2D eigenvalue weighted by molar-refractivity contribution is 7.89. The normalized spacial score (nSPS) is 12.2. The van der Waals surface area contributed by atoms with Gasteiger partial charge in [-0.15, -0.1) is 0 Å². The van der Waals surface area contributed by atoms with Crippen LogP contribution in [0.4, 0.5) is 0 Å². The molecule has 0 aliphatic heterocycles. The number of hydrogen-bond acceptors (Lipinski definition) is 4. The summed E-state index contributed by atoms with van der Waals surface area (Å²) in [6.45, 7) is 1.93. The van der Waals surface area contributed by atoms with Gasteiger partial charge in [0.25, 0.3) is 5.91 Å². The fourth-order valence-corrected chi connectivity index (χ4v) is 3.25. The molecule has 130 valence electrons. The Balaban J connectivity index is 2.04. The second kappa shape index (κ2) is 8.42. The molecule has 0 fully saturated rings. The van der Waals surface area contributed by atoms with Crippen molar-refractivity contribution in [2.45, 2.75) is 24.3 Å². The van der Waals surface area contributed by atoms with Gasteiger partial charge in [-0.2, -0.15) is 5.26 Å². The van der Waals surface area contributed by atoms with E-state index in [4.69, 9.17) is 5.26 Å². The topological polar surface area (TPSA) is 99.1 Å². The van der Waals surface area contributed by atoms with Crippen LogP contribution in [0.15, 0.2) is 59.5 Å². The average Bonchev–Trinajstić information content (AvgIpc) is 2.62. The zero-order valence-corrected chi connectivity index (χ0v) is 14.6. The minimum absolute atomic E-state index is 0.0513. The SMILES string of the molecule is C[C@H](NC(=O)c1ccc(S(=O)(=O)NCCC#N)cc1)c1ccccc1. The van der Waals surface area contributed by atoms with E-state index in [0.29, 0.717) is 5.56 Å². The summed E-state index contributed by atoms with van der Waals surface area (Å²) in [4.78, 5) is 12.3. The Morgan fingerprint density at radius 3 is 2.36 bits per heavy atom. The molecule has 0 saturated heterocycles. The lowest BCUT2D eigenvalue weighted by molar-refractivity contribution is 0.0940. The lowest BCUT2D eigenvalue weighted by Crippen LogP contribution is -2.27. The molecular weight excluding hydrogens is 338 g/mol. The second-order valence-electron chi connectivity index (χ2n) is 5.44. The summed E-state index contributed by atoms with van der Waals surface area (Å²) in [6.07, 6.45) is 0.0943. The fourth-order valence-electron chi connectivity index (χ4n) is 2.22. The van der Waals surface area contributed by atoms with Gasteiger partial charge in [0.2, 0.25) is 10.0 Å². The van der Waals surface area contributed by atoms with Gasteiger partial charge in [-0.25, -0.2) is 13.1 Å². The fraction of sp³-hybridized carbons (Fsp3) is 0.222. The third kappa shape index (κ3) is 5.14. The number of carbonyl (C=O) groups is 1. The predicted molar refractivity (Wildman–Crippen MR) is 94.2 cm³/mol. The van der Waals surface area contributed by atoms with Crippen molar-refractivity contribution in [3.63, 3.8) is 0 Å². The van der Waals surface area contributed by atoms with E-state index in [-0.39, 0.29) is 29.8 Å². The first-order valence-electron chi connectivity index (χ1n) is 7.76. The number of amides is 1. The molecule has 2 rings (SSSR count). The number of rotatable bonds is 7. The summed E-state index contributed by atoms with van der Waals surface area (Å²) in [5.41, 5.74) is 1.36. The van der Waals surface area contributed by atoms with Crippen molar-refractivity contribution < 1.29 is 13.2 Å². The van der Waals surface area contributed by atoms with E-state index < -0.39 is 10.0 Å². The van der Waals surface area contributed by atoms with E-state index in [9.17, 15) is 13.2 Å². The molecule has 1 atom stereocenters. The van der Waals surface area contributed by atoms with Crippen LogP contribution in [0.2, 0.25) is 0 Å². The van der Waals surface area contributed by atoms with Crippen LogP contribution in [0, 0.1) is 11.3 Å². The van der Waals surface area contributed by atoms with Crippen LogP contribution in [-0.4, -0.2) is 20.9 Å². The first kappa shape index (κ1) is 18.6. The molecule has 0 aliphatic carbocycles. The first-order chi connectivity index (χ1) is 11.9. The minimum atomic E-state index is -3.67. The molecule has 7 heteroatoms. The van der Waals surface area contributed by atoms with Crippen molar-refractivity contribution in [1.82, 2.24) is 10.0 Å². The zero-order chi connectivity index (χ0) is 18.3. The van der Waals surface area contributed by atoms with Crippen LogP contribution >= 0.6 is 0 Å². The maximum atomic E-state index is 12.3. The highest BCUT2D eigenvalue weighted by atomic mass is 32.2. The maximum Gasteiger partial charge on any atom is 0.251 e. The Hall–Kier alpha value is -2.69. The van der Waals surface area contributed by atoms with Gasteiger partial charge >= 0.3 is 0 Å². The van der Waals surface area contributed by atoms with Crippen molar-refractivity contribution >= 4 is 15.9 Å².